The average molecular weight is 481 g/mol. The molecular formula is C23H18ClF5N4. The maximum absolute atomic E-state index is 14.1. The van der Waals surface area contributed by atoms with Gasteiger partial charge in [0, 0.05) is 17.6 Å². The van der Waals surface area contributed by atoms with Crippen LogP contribution in [0, 0.1) is 11.6 Å². The van der Waals surface area contributed by atoms with Crippen LogP contribution in [0.3, 0.4) is 0 Å². The van der Waals surface area contributed by atoms with Gasteiger partial charge in [-0.25, -0.2) is 13.8 Å². The minimum absolute atomic E-state index is 0.0222. The number of likely N-dealkylation sites (tertiary alicyclic amines) is 1. The molecule has 4 nitrogen and oxygen atoms in total. The van der Waals surface area contributed by atoms with Gasteiger partial charge in [-0.15, -0.1) is 0 Å². The molecule has 0 unspecified atom stereocenters. The fourth-order valence-electron chi connectivity index (χ4n) is 4.65. The Hall–Kier alpha value is -2.78. The van der Waals surface area contributed by atoms with E-state index in [-0.39, 0.29) is 46.7 Å². The number of nitrogens with one attached hydrogen (secondary N) is 1. The number of H-pyrrole nitrogens is 1. The molecular weight excluding hydrogens is 463 g/mol. The number of piperidine rings is 1. The first-order valence-corrected chi connectivity index (χ1v) is 10.8. The molecule has 0 spiro atoms. The van der Waals surface area contributed by atoms with Gasteiger partial charge in [0.05, 0.1) is 21.6 Å². The maximum atomic E-state index is 14.1. The van der Waals surface area contributed by atoms with Gasteiger partial charge in [-0.2, -0.15) is 13.2 Å². The van der Waals surface area contributed by atoms with E-state index in [0.717, 1.165) is 11.6 Å². The molecule has 4 aromatic rings. The zero-order chi connectivity index (χ0) is 23.3. The summed E-state index contributed by atoms with van der Waals surface area (Å²) in [4.78, 5) is 12.3. The minimum Gasteiger partial charge on any atom is -0.340 e. The Morgan fingerprint density at radius 2 is 1.79 bits per heavy atom. The first-order chi connectivity index (χ1) is 15.7. The highest BCUT2D eigenvalue weighted by atomic mass is 35.5. The molecule has 2 aromatic heterocycles. The van der Waals surface area contributed by atoms with Gasteiger partial charge < -0.3 is 4.98 Å². The van der Waals surface area contributed by atoms with E-state index in [4.69, 9.17) is 11.6 Å². The van der Waals surface area contributed by atoms with Crippen molar-refractivity contribution in [1.82, 2.24) is 19.9 Å². The number of halogens is 6. The highest BCUT2D eigenvalue weighted by Gasteiger charge is 2.47. The zero-order valence-electron chi connectivity index (χ0n) is 17.1. The van der Waals surface area contributed by atoms with Crippen molar-refractivity contribution >= 4 is 33.5 Å². The number of aromatic amines is 1. The van der Waals surface area contributed by atoms with Crippen LogP contribution in [0.2, 0.25) is 5.02 Å². The van der Waals surface area contributed by atoms with Crippen LogP contribution in [-0.4, -0.2) is 39.1 Å². The minimum atomic E-state index is -4.59. The summed E-state index contributed by atoms with van der Waals surface area (Å²) >= 11 is 5.75. The Morgan fingerprint density at radius 3 is 2.52 bits per heavy atom. The molecule has 0 saturated carbocycles. The normalized spacial score (nSPS) is 17.2. The Labute approximate surface area is 190 Å². The first-order valence-electron chi connectivity index (χ1n) is 10.4. The summed E-state index contributed by atoms with van der Waals surface area (Å²) in [5.41, 5.74) is 1.86. The number of rotatable bonds is 3. The molecule has 5 rings (SSSR count). The van der Waals surface area contributed by atoms with E-state index in [9.17, 15) is 22.0 Å². The number of fused-ring (bicyclic) bond motifs is 2. The predicted octanol–water partition coefficient (Wildman–Crippen LogP) is 6.53. The molecule has 172 valence electrons. The van der Waals surface area contributed by atoms with Gasteiger partial charge >= 0.3 is 6.18 Å². The molecule has 2 aromatic carbocycles. The zero-order valence-corrected chi connectivity index (χ0v) is 17.9. The van der Waals surface area contributed by atoms with Gasteiger partial charge in [0.1, 0.15) is 17.5 Å². The summed E-state index contributed by atoms with van der Waals surface area (Å²) in [6.07, 6.45) is -2.03. The van der Waals surface area contributed by atoms with Crippen LogP contribution in [0.15, 0.2) is 42.6 Å². The second-order valence-electron chi connectivity index (χ2n) is 8.22. The van der Waals surface area contributed by atoms with Gasteiger partial charge in [0.25, 0.3) is 0 Å². The summed E-state index contributed by atoms with van der Waals surface area (Å²) < 4.78 is 69.8. The fraction of sp³-hybridized carbons (Fsp3) is 0.304. The molecule has 0 radical (unpaired) electrons. The lowest BCUT2D eigenvalue weighted by Crippen LogP contribution is -2.43. The summed E-state index contributed by atoms with van der Waals surface area (Å²) in [5, 5.41) is 0.477. The van der Waals surface area contributed by atoms with Crippen LogP contribution in [0.1, 0.15) is 36.2 Å². The van der Waals surface area contributed by atoms with Crippen molar-refractivity contribution in [1.29, 1.82) is 0 Å². The number of hydrogen-bond acceptors (Lipinski definition) is 3. The summed E-state index contributed by atoms with van der Waals surface area (Å²) in [6, 6.07) is 6.45. The third-order valence-electron chi connectivity index (χ3n) is 6.18. The highest BCUT2D eigenvalue weighted by Crippen LogP contribution is 2.41. The molecule has 0 aliphatic carbocycles. The van der Waals surface area contributed by atoms with E-state index in [0.29, 0.717) is 23.7 Å². The average Bonchev–Trinajstić information content (AvgIpc) is 3.15. The molecule has 3 heterocycles. The molecule has 0 amide bonds. The first kappa shape index (κ1) is 22.0. The van der Waals surface area contributed by atoms with Crippen molar-refractivity contribution in [3.63, 3.8) is 0 Å². The third-order valence-corrected chi connectivity index (χ3v) is 6.47. The molecule has 33 heavy (non-hydrogen) atoms. The lowest BCUT2D eigenvalue weighted by molar-refractivity contribution is -0.191. The lowest BCUT2D eigenvalue weighted by Gasteiger charge is -2.37. The number of alkyl halides is 3. The van der Waals surface area contributed by atoms with Gasteiger partial charge in [0.15, 0.2) is 6.04 Å². The van der Waals surface area contributed by atoms with Gasteiger partial charge in [0.2, 0.25) is 0 Å². The Kier molecular flexibility index (Phi) is 5.49. The number of nitrogens with zero attached hydrogens (tertiary/aromatic N) is 3. The van der Waals surface area contributed by atoms with E-state index in [1.165, 1.54) is 23.1 Å². The van der Waals surface area contributed by atoms with Crippen LogP contribution < -0.4 is 0 Å². The number of aromatic nitrogens is 3. The summed E-state index contributed by atoms with van der Waals surface area (Å²) in [7, 11) is 0. The second kappa shape index (κ2) is 8.22. The molecule has 1 atom stereocenters. The Morgan fingerprint density at radius 1 is 1.03 bits per heavy atom. The predicted molar refractivity (Wildman–Crippen MR) is 115 cm³/mol. The van der Waals surface area contributed by atoms with Crippen molar-refractivity contribution < 1.29 is 22.0 Å². The fourth-order valence-corrected chi connectivity index (χ4v) is 4.81. The van der Waals surface area contributed by atoms with E-state index < -0.39 is 18.0 Å². The monoisotopic (exact) mass is 480 g/mol. The molecule has 1 aliphatic rings. The van der Waals surface area contributed by atoms with Crippen molar-refractivity contribution in [2.24, 2.45) is 0 Å². The van der Waals surface area contributed by atoms with E-state index in [2.05, 4.69) is 15.0 Å². The van der Waals surface area contributed by atoms with Crippen LogP contribution in [-0.2, 0) is 0 Å². The molecule has 1 fully saturated rings. The molecule has 0 bridgehead atoms. The Bertz CT molecular complexity index is 1290. The van der Waals surface area contributed by atoms with Gasteiger partial charge in [-0.1, -0.05) is 11.6 Å². The van der Waals surface area contributed by atoms with Crippen LogP contribution >= 0.6 is 11.6 Å². The standard InChI is InChI=1S/C23H18ClF5N4/c24-16-10-19-20(11-17(16)26)32-22(31-19)21(23(27,28)29)33-7-4-12(5-8-33)14-3-6-30-18-2-1-13(25)9-15(14)18/h1-3,6,9-12,21H,4-5,7-8H2,(H,31,32)/t21-/m0/s1. The highest BCUT2D eigenvalue weighted by molar-refractivity contribution is 6.31. The van der Waals surface area contributed by atoms with E-state index in [1.54, 1.807) is 18.3 Å². The van der Waals surface area contributed by atoms with Crippen molar-refractivity contribution in [2.45, 2.75) is 31.0 Å². The van der Waals surface area contributed by atoms with E-state index >= 15 is 0 Å². The van der Waals surface area contributed by atoms with E-state index in [1.807, 2.05) is 0 Å². The van der Waals surface area contributed by atoms with Crippen molar-refractivity contribution in [2.75, 3.05) is 13.1 Å². The smallest absolute Gasteiger partial charge is 0.340 e. The summed E-state index contributed by atoms with van der Waals surface area (Å²) in [5.74, 6) is -1.43. The summed E-state index contributed by atoms with van der Waals surface area (Å²) in [6.45, 7) is 0.334. The maximum Gasteiger partial charge on any atom is 0.411 e. The van der Waals surface area contributed by atoms with Crippen LogP contribution in [0.25, 0.3) is 21.9 Å². The second-order valence-corrected chi connectivity index (χ2v) is 8.63. The molecule has 1 saturated heterocycles. The largest absolute Gasteiger partial charge is 0.411 e. The SMILES string of the molecule is Fc1ccc2nccc(C3CCN([C@@H](c4nc5cc(Cl)c(F)cc5[nH]4)C(F)(F)F)CC3)c2c1. The van der Waals surface area contributed by atoms with Gasteiger partial charge in [-0.05, 0) is 67.7 Å². The Balaban J connectivity index is 1.42. The molecule has 1 aliphatic heterocycles. The number of pyridine rings is 1. The molecule has 1 N–H and O–H groups in total. The lowest BCUT2D eigenvalue weighted by atomic mass is 9.87. The van der Waals surface area contributed by atoms with Crippen LogP contribution in [0.4, 0.5) is 22.0 Å². The quantitative estimate of drug-likeness (QED) is 0.339. The van der Waals surface area contributed by atoms with Crippen LogP contribution in [0.5, 0.6) is 0 Å². The molecule has 10 heteroatoms. The number of benzene rings is 2. The van der Waals surface area contributed by atoms with Gasteiger partial charge in [-0.3, -0.25) is 9.88 Å². The van der Waals surface area contributed by atoms with Crippen molar-refractivity contribution in [3.05, 3.63) is 70.6 Å². The third kappa shape index (κ3) is 4.15. The number of imidazole rings is 1. The van der Waals surface area contributed by atoms with Crippen molar-refractivity contribution in [3.8, 4) is 0 Å². The number of hydrogen-bond donors (Lipinski definition) is 1. The topological polar surface area (TPSA) is 44.8 Å².